The van der Waals surface area contributed by atoms with Crippen molar-refractivity contribution in [2.24, 2.45) is 0 Å². The Morgan fingerprint density at radius 2 is 1.85 bits per heavy atom. The number of ether oxygens (including phenoxy) is 2. The van der Waals surface area contributed by atoms with Gasteiger partial charge >= 0.3 is 0 Å². The maximum Gasteiger partial charge on any atom is 0.257 e. The summed E-state index contributed by atoms with van der Waals surface area (Å²) in [4.78, 5) is 12.7. The number of nitrogens with one attached hydrogen (secondary N) is 1. The fraction of sp³-hybridized carbons (Fsp3) is 0.278. The number of nitrogens with zero attached hydrogens (tertiary/aromatic N) is 1. The van der Waals surface area contributed by atoms with E-state index in [1.54, 1.807) is 22.5 Å². The zero-order chi connectivity index (χ0) is 19.6. The third kappa shape index (κ3) is 4.17. The molecule has 1 saturated heterocycles. The molecule has 27 heavy (non-hydrogen) atoms. The lowest BCUT2D eigenvalue weighted by Gasteiger charge is -2.18. The van der Waals surface area contributed by atoms with E-state index in [-0.39, 0.29) is 10.6 Å². The number of hydrogen-bond donors (Lipinski definition) is 1. The predicted octanol–water partition coefficient (Wildman–Crippen LogP) is 3.62. The molecule has 1 N–H and O–H groups in total. The van der Waals surface area contributed by atoms with Gasteiger partial charge in [0.2, 0.25) is 0 Å². The van der Waals surface area contributed by atoms with Crippen molar-refractivity contribution in [1.82, 2.24) is 0 Å². The van der Waals surface area contributed by atoms with Crippen LogP contribution in [0, 0.1) is 5.82 Å². The Balaban J connectivity index is 1.92. The minimum Gasteiger partial charge on any atom is -0.497 e. The number of anilines is 2. The van der Waals surface area contributed by atoms with Crippen LogP contribution in [0.5, 0.6) is 11.5 Å². The molecule has 1 amide bonds. The Morgan fingerprint density at radius 1 is 1.19 bits per heavy atom. The van der Waals surface area contributed by atoms with Crippen molar-refractivity contribution in [2.45, 2.75) is 6.42 Å². The van der Waals surface area contributed by atoms with Gasteiger partial charge in [0.15, 0.2) is 0 Å². The van der Waals surface area contributed by atoms with E-state index in [1.807, 2.05) is 0 Å². The minimum absolute atomic E-state index is 0.0441. The van der Waals surface area contributed by atoms with Crippen molar-refractivity contribution in [3.05, 3.63) is 46.7 Å². The summed E-state index contributed by atoms with van der Waals surface area (Å²) in [6, 6.07) is 7.50. The van der Waals surface area contributed by atoms with E-state index in [1.165, 1.54) is 26.4 Å². The lowest BCUT2D eigenvalue weighted by Crippen LogP contribution is -2.21. The largest absolute Gasteiger partial charge is 0.497 e. The number of methoxy groups -OCH3 is 2. The number of rotatable bonds is 5. The van der Waals surface area contributed by atoms with Gasteiger partial charge in [-0.2, -0.15) is 0 Å². The van der Waals surface area contributed by atoms with Gasteiger partial charge in [-0.25, -0.2) is 8.60 Å². The molecule has 3 rings (SSSR count). The predicted molar refractivity (Wildman–Crippen MR) is 104 cm³/mol. The van der Waals surface area contributed by atoms with Crippen molar-refractivity contribution in [3.63, 3.8) is 0 Å². The molecule has 9 heteroatoms. The molecule has 2 aromatic rings. The zero-order valence-electron chi connectivity index (χ0n) is 14.8. The maximum atomic E-state index is 14.3. The van der Waals surface area contributed by atoms with E-state index in [0.29, 0.717) is 35.2 Å². The fourth-order valence-electron chi connectivity index (χ4n) is 2.75. The standard InChI is InChI=1S/C18H18ClFN2O4S/c1-25-13-6-11(7-14(10-13)26-2)21-18(23)15-8-12(9-16(20)17(15)19)22-4-3-5-27(22)24/h6-10H,3-5H2,1-2H3,(H,21,23). The van der Waals surface area contributed by atoms with Crippen LogP contribution >= 0.6 is 11.6 Å². The van der Waals surface area contributed by atoms with Gasteiger partial charge in [-0.05, 0) is 18.6 Å². The Hall–Kier alpha value is -2.32. The molecule has 1 atom stereocenters. The normalized spacial score (nSPS) is 16.3. The van der Waals surface area contributed by atoms with E-state index in [9.17, 15) is 13.4 Å². The van der Waals surface area contributed by atoms with Crippen molar-refractivity contribution < 1.29 is 22.9 Å². The van der Waals surface area contributed by atoms with E-state index in [0.717, 1.165) is 6.42 Å². The highest BCUT2D eigenvalue weighted by atomic mass is 35.5. The maximum absolute atomic E-state index is 14.3. The van der Waals surface area contributed by atoms with Gasteiger partial charge in [0.1, 0.15) is 28.3 Å². The number of benzene rings is 2. The summed E-state index contributed by atoms with van der Waals surface area (Å²) >= 11 is 6.01. The van der Waals surface area contributed by atoms with Gasteiger partial charge in [0, 0.05) is 36.2 Å². The second-order valence-electron chi connectivity index (χ2n) is 5.83. The van der Waals surface area contributed by atoms with E-state index in [4.69, 9.17) is 21.1 Å². The zero-order valence-corrected chi connectivity index (χ0v) is 16.3. The Bertz CT molecular complexity index is 887. The molecular weight excluding hydrogens is 395 g/mol. The first-order chi connectivity index (χ1) is 12.9. The van der Waals surface area contributed by atoms with Crippen LogP contribution in [-0.4, -0.2) is 36.6 Å². The van der Waals surface area contributed by atoms with Crippen molar-refractivity contribution in [3.8, 4) is 11.5 Å². The highest BCUT2D eigenvalue weighted by molar-refractivity contribution is 7.86. The molecular formula is C18H18ClFN2O4S. The lowest BCUT2D eigenvalue weighted by atomic mass is 10.1. The Kier molecular flexibility index (Phi) is 5.86. The molecule has 0 spiro atoms. The quantitative estimate of drug-likeness (QED) is 0.814. The van der Waals surface area contributed by atoms with Crippen LogP contribution in [0.1, 0.15) is 16.8 Å². The average Bonchev–Trinajstić information content (AvgIpc) is 3.09. The minimum atomic E-state index is -1.24. The first-order valence-corrected chi connectivity index (χ1v) is 9.78. The number of amides is 1. The van der Waals surface area contributed by atoms with E-state index in [2.05, 4.69) is 5.32 Å². The molecule has 0 radical (unpaired) electrons. The first kappa shape index (κ1) is 19.4. The number of carbonyl (C=O) groups is 1. The second kappa shape index (κ2) is 8.14. The molecule has 1 heterocycles. The van der Waals surface area contributed by atoms with Crippen molar-refractivity contribution in [2.75, 3.05) is 36.1 Å². The molecule has 2 aromatic carbocycles. The topological polar surface area (TPSA) is 67.9 Å². The fourth-order valence-corrected chi connectivity index (χ4v) is 4.22. The number of halogens is 2. The number of carbonyl (C=O) groups excluding carboxylic acids is 1. The van der Waals surface area contributed by atoms with Crippen molar-refractivity contribution >= 4 is 39.9 Å². The average molecular weight is 413 g/mol. The van der Waals surface area contributed by atoms with Crippen LogP contribution in [0.2, 0.25) is 5.02 Å². The molecule has 144 valence electrons. The Morgan fingerprint density at radius 3 is 2.41 bits per heavy atom. The van der Waals surface area contributed by atoms with Gasteiger partial charge < -0.3 is 14.8 Å². The molecule has 1 unspecified atom stereocenters. The molecule has 0 aliphatic carbocycles. The van der Waals surface area contributed by atoms with Gasteiger partial charge in [0.25, 0.3) is 5.91 Å². The van der Waals surface area contributed by atoms with E-state index >= 15 is 0 Å². The van der Waals surface area contributed by atoms with Gasteiger partial charge in [-0.3, -0.25) is 9.10 Å². The first-order valence-electron chi connectivity index (χ1n) is 8.12. The second-order valence-corrected chi connectivity index (χ2v) is 7.70. The molecule has 1 fully saturated rings. The number of hydrogen-bond acceptors (Lipinski definition) is 4. The monoisotopic (exact) mass is 412 g/mol. The summed E-state index contributed by atoms with van der Waals surface area (Å²) in [5, 5.41) is 2.37. The van der Waals surface area contributed by atoms with Gasteiger partial charge in [-0.1, -0.05) is 11.6 Å². The summed E-state index contributed by atoms with van der Waals surface area (Å²) in [6.07, 6.45) is 0.738. The molecule has 0 aromatic heterocycles. The third-order valence-corrected chi connectivity index (χ3v) is 5.99. The van der Waals surface area contributed by atoms with Crippen LogP contribution in [0.15, 0.2) is 30.3 Å². The molecule has 6 nitrogen and oxygen atoms in total. The molecule has 1 aliphatic heterocycles. The van der Waals surface area contributed by atoms with Crippen LogP contribution in [-0.2, 0) is 11.0 Å². The molecule has 0 saturated carbocycles. The third-order valence-electron chi connectivity index (χ3n) is 4.08. The molecule has 1 aliphatic rings. The van der Waals surface area contributed by atoms with Crippen LogP contribution < -0.4 is 19.1 Å². The summed E-state index contributed by atoms with van der Waals surface area (Å²) in [5.74, 6) is 0.147. The highest BCUT2D eigenvalue weighted by Crippen LogP contribution is 2.31. The smallest absolute Gasteiger partial charge is 0.257 e. The lowest BCUT2D eigenvalue weighted by molar-refractivity contribution is 0.102. The SMILES string of the molecule is COc1cc(NC(=O)c2cc(N3CCCS3=O)cc(F)c2Cl)cc(OC)c1. The molecule has 0 bridgehead atoms. The van der Waals surface area contributed by atoms with Crippen LogP contribution in [0.25, 0.3) is 0 Å². The highest BCUT2D eigenvalue weighted by Gasteiger charge is 2.24. The van der Waals surface area contributed by atoms with E-state index < -0.39 is 22.7 Å². The summed E-state index contributed by atoms with van der Waals surface area (Å²) < 4.78 is 38.2. The Labute approximate surface area is 163 Å². The van der Waals surface area contributed by atoms with Crippen molar-refractivity contribution in [1.29, 1.82) is 0 Å². The van der Waals surface area contributed by atoms with Crippen LogP contribution in [0.4, 0.5) is 15.8 Å². The van der Waals surface area contributed by atoms with Gasteiger partial charge in [-0.15, -0.1) is 0 Å². The summed E-state index contributed by atoms with van der Waals surface area (Å²) in [7, 11) is 1.75. The van der Waals surface area contributed by atoms with Crippen LogP contribution in [0.3, 0.4) is 0 Å². The summed E-state index contributed by atoms with van der Waals surface area (Å²) in [6.45, 7) is 0.530. The summed E-state index contributed by atoms with van der Waals surface area (Å²) in [5.41, 5.74) is 0.723. The van der Waals surface area contributed by atoms with Gasteiger partial charge in [0.05, 0.1) is 30.5 Å².